The number of aromatic nitrogens is 4. The maximum absolute atomic E-state index is 11.1. The lowest BCUT2D eigenvalue weighted by Crippen LogP contribution is -2.01. The summed E-state index contributed by atoms with van der Waals surface area (Å²) >= 11 is 13.5. The van der Waals surface area contributed by atoms with Gasteiger partial charge >= 0.3 is 0 Å². The van der Waals surface area contributed by atoms with E-state index >= 15 is 0 Å². The fourth-order valence-electron chi connectivity index (χ4n) is 3.95. The first-order valence-corrected chi connectivity index (χ1v) is 11.3. The summed E-state index contributed by atoms with van der Waals surface area (Å²) in [5.74, 6) is 1.20. The Labute approximate surface area is 214 Å². The van der Waals surface area contributed by atoms with Crippen molar-refractivity contribution < 1.29 is 14.4 Å². The van der Waals surface area contributed by atoms with Crippen LogP contribution in [-0.4, -0.2) is 45.5 Å². The molecule has 12 heteroatoms. The number of nitro benzene ring substituents is 1. The van der Waals surface area contributed by atoms with Crippen LogP contribution in [0.3, 0.4) is 0 Å². The standard InChI is InChI=1S/C24H18Cl2N6O4/c1-27-24-28-10-13-8-15(19-20(25)17(35-2)9-18(36-3)21(19)26)23-29-16(11-31(23)22(13)30-24)12-4-6-14(7-5-12)32(33)34/h4-11H,1-3H3,(H,27,28,30). The molecule has 36 heavy (non-hydrogen) atoms. The summed E-state index contributed by atoms with van der Waals surface area (Å²) in [4.78, 5) is 24.4. The lowest BCUT2D eigenvalue weighted by molar-refractivity contribution is -0.384. The van der Waals surface area contributed by atoms with Crippen LogP contribution in [0, 0.1) is 10.1 Å². The largest absolute Gasteiger partial charge is 0.495 e. The molecule has 5 aromatic rings. The maximum atomic E-state index is 11.1. The van der Waals surface area contributed by atoms with Crippen molar-refractivity contribution in [3.8, 4) is 33.9 Å². The SMILES string of the molecule is CNc1ncc2cc(-c3c(Cl)c(OC)cc(OC)c3Cl)c3nc(-c4ccc([N+](=O)[O-])cc4)cn3c2n1. The zero-order chi connectivity index (χ0) is 25.6. The molecule has 0 bridgehead atoms. The van der Waals surface area contributed by atoms with Crippen molar-refractivity contribution in [1.82, 2.24) is 19.4 Å². The highest BCUT2D eigenvalue weighted by Crippen LogP contribution is 2.47. The van der Waals surface area contributed by atoms with E-state index in [1.54, 1.807) is 37.6 Å². The topological polar surface area (TPSA) is 117 Å². The van der Waals surface area contributed by atoms with Crippen LogP contribution in [0.1, 0.15) is 0 Å². The molecular weight excluding hydrogens is 507 g/mol. The Bertz CT molecular complexity index is 1630. The van der Waals surface area contributed by atoms with Crippen LogP contribution in [0.25, 0.3) is 39.1 Å². The van der Waals surface area contributed by atoms with Gasteiger partial charge in [0, 0.05) is 59.7 Å². The highest BCUT2D eigenvalue weighted by Gasteiger charge is 2.23. The average molecular weight is 525 g/mol. The molecule has 182 valence electrons. The van der Waals surface area contributed by atoms with Gasteiger partial charge in [-0.15, -0.1) is 0 Å². The second kappa shape index (κ2) is 9.14. The Morgan fingerprint density at radius 1 is 1.00 bits per heavy atom. The first-order valence-electron chi connectivity index (χ1n) is 10.6. The number of nitro groups is 1. The third-order valence-corrected chi connectivity index (χ3v) is 6.46. The molecule has 10 nitrogen and oxygen atoms in total. The Hall–Kier alpha value is -4.15. The lowest BCUT2D eigenvalue weighted by Gasteiger charge is -2.16. The number of fused-ring (bicyclic) bond motifs is 3. The van der Waals surface area contributed by atoms with E-state index in [9.17, 15) is 10.1 Å². The minimum absolute atomic E-state index is 0.0119. The number of methoxy groups -OCH3 is 2. The monoisotopic (exact) mass is 524 g/mol. The van der Waals surface area contributed by atoms with Crippen molar-refractivity contribution in [2.24, 2.45) is 0 Å². The second-order valence-corrected chi connectivity index (χ2v) is 8.44. The third-order valence-electron chi connectivity index (χ3n) is 5.71. The molecule has 0 spiro atoms. The van der Waals surface area contributed by atoms with Crippen LogP contribution in [0.5, 0.6) is 11.5 Å². The molecule has 0 saturated carbocycles. The molecule has 1 N–H and O–H groups in total. The summed E-state index contributed by atoms with van der Waals surface area (Å²) in [5.41, 5.74) is 3.43. The van der Waals surface area contributed by atoms with Crippen LogP contribution in [0.4, 0.5) is 11.6 Å². The quantitative estimate of drug-likeness (QED) is 0.216. The number of anilines is 1. The first kappa shape index (κ1) is 23.6. The Kier molecular flexibility index (Phi) is 5.99. The molecule has 0 fully saturated rings. The van der Waals surface area contributed by atoms with E-state index in [0.29, 0.717) is 56.5 Å². The first-order chi connectivity index (χ1) is 17.4. The number of nitrogens with zero attached hydrogens (tertiary/aromatic N) is 5. The van der Waals surface area contributed by atoms with Crippen molar-refractivity contribution in [3.63, 3.8) is 0 Å². The number of hydrogen-bond donors (Lipinski definition) is 1. The number of nitrogens with one attached hydrogen (secondary N) is 1. The van der Waals surface area contributed by atoms with Gasteiger partial charge in [0.2, 0.25) is 5.95 Å². The minimum atomic E-state index is -0.449. The number of imidazole rings is 1. The van der Waals surface area contributed by atoms with E-state index in [1.807, 2.05) is 10.5 Å². The molecule has 0 saturated heterocycles. The molecule has 0 unspecified atom stereocenters. The minimum Gasteiger partial charge on any atom is -0.495 e. The Balaban J connectivity index is 1.86. The number of benzene rings is 2. The van der Waals surface area contributed by atoms with Crippen molar-refractivity contribution in [2.45, 2.75) is 0 Å². The number of hydrogen-bond acceptors (Lipinski definition) is 8. The van der Waals surface area contributed by atoms with E-state index in [0.717, 1.165) is 0 Å². The summed E-state index contributed by atoms with van der Waals surface area (Å²) in [6.07, 6.45) is 3.48. The summed E-state index contributed by atoms with van der Waals surface area (Å²) < 4.78 is 12.7. The zero-order valence-corrected chi connectivity index (χ0v) is 20.8. The predicted octanol–water partition coefficient (Wildman–Crippen LogP) is 5.89. The van der Waals surface area contributed by atoms with E-state index in [2.05, 4.69) is 15.3 Å². The normalized spacial score (nSPS) is 11.1. The molecule has 0 aliphatic carbocycles. The van der Waals surface area contributed by atoms with E-state index in [4.69, 9.17) is 37.7 Å². The zero-order valence-electron chi connectivity index (χ0n) is 19.2. The molecule has 3 aromatic heterocycles. The van der Waals surface area contributed by atoms with Crippen molar-refractivity contribution in [3.05, 3.63) is 69.0 Å². The molecule has 0 atom stereocenters. The average Bonchev–Trinajstić information content (AvgIpc) is 3.35. The molecule has 2 aromatic carbocycles. The van der Waals surface area contributed by atoms with Gasteiger partial charge < -0.3 is 14.8 Å². The van der Waals surface area contributed by atoms with Gasteiger partial charge in [-0.2, -0.15) is 4.98 Å². The van der Waals surface area contributed by atoms with Crippen LogP contribution >= 0.6 is 23.2 Å². The fourth-order valence-corrected chi connectivity index (χ4v) is 4.65. The van der Waals surface area contributed by atoms with Gasteiger partial charge in [0.15, 0.2) is 5.65 Å². The molecule has 0 aliphatic heterocycles. The number of rotatable bonds is 6. The van der Waals surface area contributed by atoms with Gasteiger partial charge in [-0.05, 0) is 18.2 Å². The summed E-state index contributed by atoms with van der Waals surface area (Å²) in [6.45, 7) is 0. The van der Waals surface area contributed by atoms with Gasteiger partial charge in [-0.25, -0.2) is 9.97 Å². The highest BCUT2D eigenvalue weighted by molar-refractivity contribution is 6.41. The second-order valence-electron chi connectivity index (χ2n) is 7.69. The summed E-state index contributed by atoms with van der Waals surface area (Å²) in [6, 6.07) is 9.61. The van der Waals surface area contributed by atoms with Gasteiger partial charge in [0.25, 0.3) is 5.69 Å². The van der Waals surface area contributed by atoms with Gasteiger partial charge in [0.05, 0.1) is 34.9 Å². The van der Waals surface area contributed by atoms with Gasteiger partial charge in [-0.3, -0.25) is 14.5 Å². The van der Waals surface area contributed by atoms with E-state index in [1.165, 1.54) is 26.4 Å². The van der Waals surface area contributed by atoms with E-state index < -0.39 is 4.92 Å². The van der Waals surface area contributed by atoms with Crippen molar-refractivity contribution in [2.75, 3.05) is 26.6 Å². The molecular formula is C24H18Cl2N6O4. The number of halogens is 2. The highest BCUT2D eigenvalue weighted by atomic mass is 35.5. The summed E-state index contributed by atoms with van der Waals surface area (Å²) in [5, 5.41) is 15.3. The number of pyridine rings is 1. The molecule has 0 radical (unpaired) electrons. The summed E-state index contributed by atoms with van der Waals surface area (Å²) in [7, 11) is 4.73. The smallest absolute Gasteiger partial charge is 0.269 e. The fraction of sp³-hybridized carbons (Fsp3) is 0.125. The van der Waals surface area contributed by atoms with Gasteiger partial charge in [0.1, 0.15) is 17.1 Å². The van der Waals surface area contributed by atoms with Crippen molar-refractivity contribution in [1.29, 1.82) is 0 Å². The van der Waals surface area contributed by atoms with Crippen molar-refractivity contribution >= 4 is 51.5 Å². The predicted molar refractivity (Wildman–Crippen MR) is 138 cm³/mol. The Morgan fingerprint density at radius 3 is 2.25 bits per heavy atom. The number of non-ortho nitro benzene ring substituents is 1. The van der Waals surface area contributed by atoms with Crippen LogP contribution in [0.2, 0.25) is 10.0 Å². The van der Waals surface area contributed by atoms with Crippen LogP contribution in [0.15, 0.2) is 48.8 Å². The lowest BCUT2D eigenvalue weighted by atomic mass is 10.0. The van der Waals surface area contributed by atoms with Crippen LogP contribution < -0.4 is 14.8 Å². The molecule has 0 amide bonds. The van der Waals surface area contributed by atoms with E-state index in [-0.39, 0.29) is 15.7 Å². The maximum Gasteiger partial charge on any atom is 0.269 e. The molecule has 5 rings (SSSR count). The molecule has 0 aliphatic rings. The Morgan fingerprint density at radius 2 is 1.67 bits per heavy atom. The number of ether oxygens (including phenoxy) is 2. The van der Waals surface area contributed by atoms with Gasteiger partial charge in [-0.1, -0.05) is 23.2 Å². The molecule has 3 heterocycles. The third kappa shape index (κ3) is 3.80. The van der Waals surface area contributed by atoms with Crippen LogP contribution in [-0.2, 0) is 0 Å².